The molecule has 7 heteroatoms. The Morgan fingerprint density at radius 2 is 1.88 bits per heavy atom. The molecule has 4 amide bonds. The third-order valence-electron chi connectivity index (χ3n) is 5.00. The summed E-state index contributed by atoms with van der Waals surface area (Å²) in [7, 11) is 0. The van der Waals surface area contributed by atoms with Crippen LogP contribution in [0.5, 0.6) is 0 Å². The van der Waals surface area contributed by atoms with Gasteiger partial charge in [0, 0.05) is 0 Å². The van der Waals surface area contributed by atoms with Crippen LogP contribution in [0.15, 0.2) is 24.3 Å². The van der Waals surface area contributed by atoms with Gasteiger partial charge in [-0.05, 0) is 37.5 Å². The van der Waals surface area contributed by atoms with Gasteiger partial charge in [-0.15, -0.1) is 0 Å². The largest absolute Gasteiger partial charge is 0.348 e. The zero-order valence-corrected chi connectivity index (χ0v) is 14.2. The van der Waals surface area contributed by atoms with E-state index in [9.17, 15) is 18.8 Å². The SMILES string of the molecule is C[C@@H](NC(=O)CN1C(=O)NC2(CCCCC2)C1=O)c1ccc(F)cc1. The van der Waals surface area contributed by atoms with Gasteiger partial charge in [0.05, 0.1) is 6.04 Å². The number of nitrogens with one attached hydrogen (secondary N) is 2. The van der Waals surface area contributed by atoms with Crippen LogP contribution in [0.4, 0.5) is 9.18 Å². The van der Waals surface area contributed by atoms with E-state index in [1.165, 1.54) is 12.1 Å². The van der Waals surface area contributed by atoms with E-state index >= 15 is 0 Å². The Labute approximate surface area is 145 Å². The molecule has 1 aromatic carbocycles. The highest BCUT2D eigenvalue weighted by Gasteiger charge is 2.51. The molecule has 25 heavy (non-hydrogen) atoms. The summed E-state index contributed by atoms with van der Waals surface area (Å²) in [6.45, 7) is 1.46. The minimum absolute atomic E-state index is 0.304. The zero-order valence-electron chi connectivity index (χ0n) is 14.2. The maximum Gasteiger partial charge on any atom is 0.325 e. The molecule has 2 aliphatic rings. The Balaban J connectivity index is 1.61. The van der Waals surface area contributed by atoms with E-state index in [0.29, 0.717) is 12.8 Å². The first kappa shape index (κ1) is 17.4. The number of carbonyl (C=O) groups is 3. The molecule has 134 valence electrons. The van der Waals surface area contributed by atoms with Gasteiger partial charge in [-0.1, -0.05) is 31.4 Å². The maximum absolute atomic E-state index is 13.0. The highest BCUT2D eigenvalue weighted by molar-refractivity contribution is 6.09. The predicted molar refractivity (Wildman–Crippen MR) is 89.0 cm³/mol. The van der Waals surface area contributed by atoms with Gasteiger partial charge in [-0.3, -0.25) is 14.5 Å². The van der Waals surface area contributed by atoms with Crippen molar-refractivity contribution in [3.8, 4) is 0 Å². The zero-order chi connectivity index (χ0) is 18.0. The van der Waals surface area contributed by atoms with E-state index in [1.807, 2.05) is 0 Å². The molecule has 0 aromatic heterocycles. The Bertz CT molecular complexity index is 683. The van der Waals surface area contributed by atoms with Gasteiger partial charge in [-0.25, -0.2) is 9.18 Å². The van der Waals surface area contributed by atoms with Gasteiger partial charge in [0.1, 0.15) is 17.9 Å². The van der Waals surface area contributed by atoms with Crippen LogP contribution >= 0.6 is 0 Å². The number of hydrogen-bond acceptors (Lipinski definition) is 3. The molecule has 3 rings (SSSR count). The van der Waals surface area contributed by atoms with Crippen LogP contribution in [0.2, 0.25) is 0 Å². The molecular weight excluding hydrogens is 325 g/mol. The molecule has 1 aliphatic heterocycles. The van der Waals surface area contributed by atoms with Gasteiger partial charge in [0.15, 0.2) is 0 Å². The fourth-order valence-corrected chi connectivity index (χ4v) is 3.58. The van der Waals surface area contributed by atoms with Crippen LogP contribution in [0.25, 0.3) is 0 Å². The summed E-state index contributed by atoms with van der Waals surface area (Å²) in [6, 6.07) is 4.97. The second-order valence-electron chi connectivity index (χ2n) is 6.80. The van der Waals surface area contributed by atoms with Crippen molar-refractivity contribution >= 4 is 17.8 Å². The van der Waals surface area contributed by atoms with Crippen molar-refractivity contribution in [3.63, 3.8) is 0 Å². The van der Waals surface area contributed by atoms with E-state index in [0.717, 1.165) is 29.7 Å². The number of carbonyl (C=O) groups excluding carboxylic acids is 3. The minimum atomic E-state index is -0.821. The lowest BCUT2D eigenvalue weighted by atomic mass is 9.82. The van der Waals surface area contributed by atoms with Crippen LogP contribution in [-0.4, -0.2) is 34.8 Å². The summed E-state index contributed by atoms with van der Waals surface area (Å²) in [4.78, 5) is 38.1. The highest BCUT2D eigenvalue weighted by Crippen LogP contribution is 2.33. The molecule has 1 saturated carbocycles. The molecule has 2 N–H and O–H groups in total. The van der Waals surface area contributed by atoms with Crippen molar-refractivity contribution < 1.29 is 18.8 Å². The summed E-state index contributed by atoms with van der Waals surface area (Å²) in [5, 5.41) is 5.52. The summed E-state index contributed by atoms with van der Waals surface area (Å²) < 4.78 is 13.0. The molecule has 1 spiro atoms. The molecular formula is C18H22FN3O3. The van der Waals surface area contributed by atoms with E-state index in [2.05, 4.69) is 10.6 Å². The average Bonchev–Trinajstić information content (AvgIpc) is 2.80. The normalized spacial score (nSPS) is 20.5. The predicted octanol–water partition coefficient (Wildman–Crippen LogP) is 2.26. The van der Waals surface area contributed by atoms with Crippen LogP contribution in [-0.2, 0) is 9.59 Å². The quantitative estimate of drug-likeness (QED) is 0.820. The molecule has 6 nitrogen and oxygen atoms in total. The standard InChI is InChI=1S/C18H22FN3O3/c1-12(13-5-7-14(19)8-6-13)20-15(23)11-22-16(24)18(21-17(22)25)9-3-2-4-10-18/h5-8,12H,2-4,9-11H2,1H3,(H,20,23)(H,21,25)/t12-/m1/s1. The molecule has 0 unspecified atom stereocenters. The van der Waals surface area contributed by atoms with Crippen LogP contribution < -0.4 is 10.6 Å². The van der Waals surface area contributed by atoms with E-state index in [4.69, 9.17) is 0 Å². The Morgan fingerprint density at radius 3 is 2.52 bits per heavy atom. The second kappa shape index (κ2) is 6.82. The molecule has 1 aliphatic carbocycles. The number of rotatable bonds is 4. The molecule has 1 heterocycles. The fraction of sp³-hybridized carbons (Fsp3) is 0.500. The summed E-state index contributed by atoms with van der Waals surface area (Å²) in [5.74, 6) is -1.07. The molecule has 0 bridgehead atoms. The van der Waals surface area contributed by atoms with Gasteiger partial charge >= 0.3 is 6.03 Å². The maximum atomic E-state index is 13.0. The molecule has 1 saturated heterocycles. The first-order valence-corrected chi connectivity index (χ1v) is 8.60. The lowest BCUT2D eigenvalue weighted by molar-refractivity contribution is -0.136. The third kappa shape index (κ3) is 3.50. The summed E-state index contributed by atoms with van der Waals surface area (Å²) in [5.41, 5.74) is -0.0752. The number of nitrogens with zero attached hydrogens (tertiary/aromatic N) is 1. The van der Waals surface area contributed by atoms with Crippen molar-refractivity contribution in [3.05, 3.63) is 35.6 Å². The Kier molecular flexibility index (Phi) is 4.74. The van der Waals surface area contributed by atoms with Gasteiger partial charge in [0.25, 0.3) is 5.91 Å². The van der Waals surface area contributed by atoms with E-state index in [-0.39, 0.29) is 24.3 Å². The molecule has 2 fully saturated rings. The van der Waals surface area contributed by atoms with Crippen LogP contribution in [0, 0.1) is 5.82 Å². The third-order valence-corrected chi connectivity index (χ3v) is 5.00. The molecule has 1 aromatic rings. The van der Waals surface area contributed by atoms with Crippen molar-refractivity contribution in [2.24, 2.45) is 0 Å². The highest BCUT2D eigenvalue weighted by atomic mass is 19.1. The first-order chi connectivity index (χ1) is 11.9. The Hall–Kier alpha value is -2.44. The van der Waals surface area contributed by atoms with Crippen molar-refractivity contribution in [2.45, 2.75) is 50.6 Å². The fourth-order valence-electron chi connectivity index (χ4n) is 3.58. The topological polar surface area (TPSA) is 78.5 Å². The van der Waals surface area contributed by atoms with Crippen LogP contribution in [0.1, 0.15) is 50.6 Å². The Morgan fingerprint density at radius 1 is 1.24 bits per heavy atom. The van der Waals surface area contributed by atoms with E-state index in [1.54, 1.807) is 19.1 Å². The number of hydrogen-bond donors (Lipinski definition) is 2. The number of urea groups is 1. The van der Waals surface area contributed by atoms with Crippen molar-refractivity contribution in [2.75, 3.05) is 6.54 Å². The van der Waals surface area contributed by atoms with Gasteiger partial charge < -0.3 is 10.6 Å². The molecule has 0 radical (unpaired) electrons. The average molecular weight is 347 g/mol. The van der Waals surface area contributed by atoms with Crippen molar-refractivity contribution in [1.29, 1.82) is 0 Å². The smallest absolute Gasteiger partial charge is 0.325 e. The number of imide groups is 1. The summed E-state index contributed by atoms with van der Waals surface area (Å²) in [6.07, 6.45) is 4.10. The monoisotopic (exact) mass is 347 g/mol. The lowest BCUT2D eigenvalue weighted by Gasteiger charge is -2.30. The lowest BCUT2D eigenvalue weighted by Crippen LogP contribution is -2.49. The van der Waals surface area contributed by atoms with E-state index < -0.39 is 17.5 Å². The second-order valence-corrected chi connectivity index (χ2v) is 6.80. The van der Waals surface area contributed by atoms with Gasteiger partial charge in [0.2, 0.25) is 5.91 Å². The minimum Gasteiger partial charge on any atom is -0.348 e. The number of amides is 4. The molecule has 1 atom stereocenters. The first-order valence-electron chi connectivity index (χ1n) is 8.60. The number of benzene rings is 1. The number of halogens is 1. The van der Waals surface area contributed by atoms with Gasteiger partial charge in [-0.2, -0.15) is 0 Å². The summed E-state index contributed by atoms with van der Waals surface area (Å²) >= 11 is 0. The van der Waals surface area contributed by atoms with Crippen LogP contribution in [0.3, 0.4) is 0 Å². The van der Waals surface area contributed by atoms with Crippen molar-refractivity contribution in [1.82, 2.24) is 15.5 Å².